The molecule has 0 aromatic heterocycles. The van der Waals surface area contributed by atoms with Gasteiger partial charge >= 0.3 is 0 Å². The van der Waals surface area contributed by atoms with Crippen LogP contribution in [0, 0.1) is 0 Å². The molecule has 5 heteroatoms. The number of halogens is 1. The fraction of sp³-hybridized carbons (Fsp3) is 0.619. The Morgan fingerprint density at radius 2 is 1.92 bits per heavy atom. The van der Waals surface area contributed by atoms with E-state index in [4.69, 9.17) is 4.74 Å². The van der Waals surface area contributed by atoms with Gasteiger partial charge in [0, 0.05) is 31.2 Å². The third kappa shape index (κ3) is 5.45. The van der Waals surface area contributed by atoms with E-state index in [9.17, 15) is 4.39 Å². The van der Waals surface area contributed by atoms with Gasteiger partial charge < -0.3 is 15.0 Å². The Kier molecular flexibility index (Phi) is 8.39. The number of rotatable bonds is 10. The minimum absolute atomic E-state index is 0.0568. The van der Waals surface area contributed by atoms with Gasteiger partial charge in [0.25, 0.3) is 0 Å². The molecule has 1 N–H and O–H groups in total. The van der Waals surface area contributed by atoms with Crippen LogP contribution in [0.25, 0.3) is 0 Å². The summed E-state index contributed by atoms with van der Waals surface area (Å²) >= 11 is 0. The Bertz CT molecular complexity index is 527. The summed E-state index contributed by atoms with van der Waals surface area (Å²) in [4.78, 5) is 4.66. The predicted molar refractivity (Wildman–Crippen MR) is 106 cm³/mol. The van der Waals surface area contributed by atoms with Crippen LogP contribution in [0.5, 0.6) is 0 Å². The number of alkyl halides is 1. The van der Waals surface area contributed by atoms with Crippen LogP contribution in [0.4, 0.5) is 4.39 Å². The van der Waals surface area contributed by atoms with Crippen LogP contribution in [0.3, 0.4) is 0 Å². The van der Waals surface area contributed by atoms with E-state index in [-0.39, 0.29) is 18.3 Å². The molecular weight excluding hydrogens is 329 g/mol. The highest BCUT2D eigenvalue weighted by Gasteiger charge is 2.37. The number of ether oxygens (including phenoxy) is 1. The Balaban J connectivity index is 1.90. The quantitative estimate of drug-likeness (QED) is 0.645. The van der Waals surface area contributed by atoms with Crippen molar-refractivity contribution in [3.63, 3.8) is 0 Å². The standard InChI is InChI=1S/C21H34FN3O/c1-23-14-10-20(9-13-22)26-18-17-25-15-11-21(12-16-25,24(2)3)19-7-5-4-6-8-19/h4-8,17-18,20,23H,9-16H2,1-3H3/b18-17-. The number of nitrogens with zero attached hydrogens (tertiary/aromatic N) is 2. The van der Waals surface area contributed by atoms with Crippen molar-refractivity contribution in [3.05, 3.63) is 48.4 Å². The minimum atomic E-state index is -0.339. The lowest BCUT2D eigenvalue weighted by atomic mass is 9.80. The van der Waals surface area contributed by atoms with Gasteiger partial charge in [-0.3, -0.25) is 9.29 Å². The lowest BCUT2D eigenvalue weighted by molar-refractivity contribution is 0.0676. The lowest BCUT2D eigenvalue weighted by Crippen LogP contribution is -2.49. The molecule has 1 aromatic rings. The maximum Gasteiger partial charge on any atom is 0.102 e. The third-order valence-electron chi connectivity index (χ3n) is 5.48. The number of hydrogen-bond acceptors (Lipinski definition) is 4. The summed E-state index contributed by atoms with van der Waals surface area (Å²) in [6.07, 6.45) is 7.13. The molecule has 1 unspecified atom stereocenters. The van der Waals surface area contributed by atoms with E-state index >= 15 is 0 Å². The number of nitrogens with one attached hydrogen (secondary N) is 1. The van der Waals surface area contributed by atoms with E-state index in [2.05, 4.69) is 59.5 Å². The van der Waals surface area contributed by atoms with Gasteiger partial charge in [-0.1, -0.05) is 30.3 Å². The second-order valence-corrected chi connectivity index (χ2v) is 7.24. The average Bonchev–Trinajstić information content (AvgIpc) is 2.67. The second-order valence-electron chi connectivity index (χ2n) is 7.24. The summed E-state index contributed by atoms with van der Waals surface area (Å²) in [7, 11) is 6.25. The van der Waals surface area contributed by atoms with Gasteiger partial charge in [-0.2, -0.15) is 0 Å². The molecule has 1 saturated heterocycles. The van der Waals surface area contributed by atoms with Gasteiger partial charge in [-0.25, -0.2) is 0 Å². The largest absolute Gasteiger partial charge is 0.496 e. The van der Waals surface area contributed by atoms with Crippen LogP contribution in [0.1, 0.15) is 31.2 Å². The van der Waals surface area contributed by atoms with Gasteiger partial charge in [0.2, 0.25) is 0 Å². The molecule has 1 aromatic carbocycles. The van der Waals surface area contributed by atoms with Gasteiger partial charge in [-0.15, -0.1) is 0 Å². The highest BCUT2D eigenvalue weighted by Crippen LogP contribution is 2.37. The summed E-state index contributed by atoms with van der Waals surface area (Å²) in [5.41, 5.74) is 1.48. The van der Waals surface area contributed by atoms with Crippen molar-refractivity contribution >= 4 is 0 Å². The van der Waals surface area contributed by atoms with E-state index in [0.717, 1.165) is 38.9 Å². The van der Waals surface area contributed by atoms with Crippen LogP contribution in [0.15, 0.2) is 42.8 Å². The molecule has 0 bridgehead atoms. The number of hydrogen-bond donors (Lipinski definition) is 1. The van der Waals surface area contributed by atoms with Crippen molar-refractivity contribution in [2.75, 3.05) is 47.5 Å². The highest BCUT2D eigenvalue weighted by atomic mass is 19.1. The Morgan fingerprint density at radius 3 is 2.50 bits per heavy atom. The fourth-order valence-electron chi connectivity index (χ4n) is 3.73. The van der Waals surface area contributed by atoms with Crippen LogP contribution in [-0.2, 0) is 10.3 Å². The monoisotopic (exact) mass is 363 g/mol. The van der Waals surface area contributed by atoms with Gasteiger partial charge in [0.15, 0.2) is 0 Å². The normalized spacial score (nSPS) is 18.4. The van der Waals surface area contributed by atoms with E-state index in [1.165, 1.54) is 5.56 Å². The zero-order valence-corrected chi connectivity index (χ0v) is 16.5. The Morgan fingerprint density at radius 1 is 1.23 bits per heavy atom. The lowest BCUT2D eigenvalue weighted by Gasteiger charge is -2.46. The topological polar surface area (TPSA) is 27.7 Å². The molecule has 0 aliphatic carbocycles. The van der Waals surface area contributed by atoms with E-state index in [1.807, 2.05) is 13.2 Å². The molecule has 1 aliphatic heterocycles. The van der Waals surface area contributed by atoms with Crippen molar-refractivity contribution in [1.29, 1.82) is 0 Å². The molecule has 0 amide bonds. The summed E-state index contributed by atoms with van der Waals surface area (Å²) in [6, 6.07) is 10.8. The molecule has 0 spiro atoms. The van der Waals surface area contributed by atoms with E-state index in [1.54, 1.807) is 6.26 Å². The highest BCUT2D eigenvalue weighted by molar-refractivity contribution is 5.25. The summed E-state index contributed by atoms with van der Waals surface area (Å²) in [5.74, 6) is 0. The van der Waals surface area contributed by atoms with Crippen LogP contribution < -0.4 is 5.32 Å². The van der Waals surface area contributed by atoms with Crippen LogP contribution in [-0.4, -0.2) is 63.4 Å². The molecule has 0 radical (unpaired) electrons. The molecule has 1 atom stereocenters. The van der Waals surface area contributed by atoms with Crippen molar-refractivity contribution in [2.24, 2.45) is 0 Å². The number of piperidine rings is 1. The first-order valence-electron chi connectivity index (χ1n) is 9.62. The summed E-state index contributed by atoms with van der Waals surface area (Å²) < 4.78 is 18.4. The van der Waals surface area contributed by atoms with Gasteiger partial charge in [0.1, 0.15) is 6.10 Å². The SMILES string of the molecule is CNCCC(CCF)O/C=C\N1CCC(c2ccccc2)(N(C)C)CC1. The second kappa shape index (κ2) is 10.5. The minimum Gasteiger partial charge on any atom is -0.496 e. The zero-order valence-electron chi connectivity index (χ0n) is 16.5. The molecule has 1 heterocycles. The molecule has 26 heavy (non-hydrogen) atoms. The number of benzene rings is 1. The molecule has 1 fully saturated rings. The Hall–Kier alpha value is -1.59. The molecular formula is C21H34FN3O. The van der Waals surface area contributed by atoms with E-state index in [0.29, 0.717) is 6.42 Å². The van der Waals surface area contributed by atoms with Crippen molar-refractivity contribution < 1.29 is 9.13 Å². The smallest absolute Gasteiger partial charge is 0.102 e. The maximum atomic E-state index is 12.6. The third-order valence-corrected chi connectivity index (χ3v) is 5.48. The molecule has 2 rings (SSSR count). The molecule has 146 valence electrons. The summed E-state index contributed by atoms with van der Waals surface area (Å²) in [5, 5.41) is 3.09. The first-order chi connectivity index (χ1) is 12.6. The van der Waals surface area contributed by atoms with Crippen molar-refractivity contribution in [1.82, 2.24) is 15.1 Å². The van der Waals surface area contributed by atoms with Crippen LogP contribution >= 0.6 is 0 Å². The van der Waals surface area contributed by atoms with Crippen molar-refractivity contribution in [2.45, 2.75) is 37.3 Å². The number of likely N-dealkylation sites (tertiary alicyclic amines) is 1. The van der Waals surface area contributed by atoms with Crippen molar-refractivity contribution in [3.8, 4) is 0 Å². The average molecular weight is 364 g/mol. The zero-order chi connectivity index (χ0) is 18.8. The fourth-order valence-corrected chi connectivity index (χ4v) is 3.73. The molecule has 1 aliphatic rings. The van der Waals surface area contributed by atoms with Gasteiger partial charge in [-0.05, 0) is 52.5 Å². The first kappa shape index (κ1) is 20.7. The maximum absolute atomic E-state index is 12.6. The predicted octanol–water partition coefficient (Wildman–Crippen LogP) is 3.36. The summed E-state index contributed by atoms with van der Waals surface area (Å²) in [6.45, 7) is 2.47. The molecule has 0 saturated carbocycles. The van der Waals surface area contributed by atoms with Gasteiger partial charge in [0.05, 0.1) is 12.9 Å². The Labute approximate surface area is 158 Å². The molecule has 4 nitrogen and oxygen atoms in total. The first-order valence-corrected chi connectivity index (χ1v) is 9.62. The van der Waals surface area contributed by atoms with E-state index < -0.39 is 0 Å². The van der Waals surface area contributed by atoms with Crippen LogP contribution in [0.2, 0.25) is 0 Å².